The van der Waals surface area contributed by atoms with Gasteiger partial charge in [-0.3, -0.25) is 9.78 Å². The van der Waals surface area contributed by atoms with E-state index in [0.717, 1.165) is 25.8 Å². The van der Waals surface area contributed by atoms with E-state index in [9.17, 15) is 4.79 Å². The van der Waals surface area contributed by atoms with Crippen molar-refractivity contribution in [2.45, 2.75) is 44.9 Å². The molecule has 1 heterocycles. The number of carbonyl (C=O) groups excluding carboxylic acids is 1. The predicted molar refractivity (Wildman–Crippen MR) is 84.8 cm³/mol. The number of nitrogens with two attached hydrogens (primary N) is 1. The van der Waals surface area contributed by atoms with Gasteiger partial charge in [0.2, 0.25) is 5.91 Å². The molecule has 0 unspecified atom stereocenters. The van der Waals surface area contributed by atoms with Crippen LogP contribution in [0, 0.1) is 5.41 Å². The number of pyridine rings is 1. The normalized spacial score (nSPS) is 17.4. The fourth-order valence-corrected chi connectivity index (χ4v) is 3.18. The molecular weight excluding hydrogens is 262 g/mol. The summed E-state index contributed by atoms with van der Waals surface area (Å²) in [6.07, 6.45) is 11.0. The van der Waals surface area contributed by atoms with Gasteiger partial charge in [-0.15, -0.1) is 0 Å². The third-order valence-corrected chi connectivity index (χ3v) is 4.78. The lowest BCUT2D eigenvalue weighted by Gasteiger charge is -2.36. The van der Waals surface area contributed by atoms with Crippen LogP contribution in [-0.2, 0) is 11.2 Å². The summed E-state index contributed by atoms with van der Waals surface area (Å²) in [5.74, 6) is 0.233. The summed E-state index contributed by atoms with van der Waals surface area (Å²) in [5, 5.41) is 0. The number of aromatic nitrogens is 1. The highest BCUT2D eigenvalue weighted by molar-refractivity contribution is 5.76. The summed E-state index contributed by atoms with van der Waals surface area (Å²) in [5.41, 5.74) is 7.25. The minimum absolute atomic E-state index is 0.0558. The maximum Gasteiger partial charge on any atom is 0.222 e. The summed E-state index contributed by atoms with van der Waals surface area (Å²) in [7, 11) is 1.90. The van der Waals surface area contributed by atoms with Crippen molar-refractivity contribution >= 4 is 5.91 Å². The van der Waals surface area contributed by atoms with Gasteiger partial charge in [0.25, 0.3) is 0 Å². The second-order valence-electron chi connectivity index (χ2n) is 6.36. The number of carbonyl (C=O) groups is 1. The van der Waals surface area contributed by atoms with Gasteiger partial charge in [-0.1, -0.05) is 19.3 Å². The highest BCUT2D eigenvalue weighted by atomic mass is 16.2. The van der Waals surface area contributed by atoms with Crippen molar-refractivity contribution < 1.29 is 4.79 Å². The van der Waals surface area contributed by atoms with Crippen molar-refractivity contribution in [1.82, 2.24) is 9.88 Å². The zero-order chi connectivity index (χ0) is 15.1. The van der Waals surface area contributed by atoms with E-state index in [1.807, 2.05) is 24.1 Å². The van der Waals surface area contributed by atoms with Crippen molar-refractivity contribution in [2.75, 3.05) is 20.1 Å². The Kier molecular flexibility index (Phi) is 5.74. The van der Waals surface area contributed by atoms with Gasteiger partial charge in [0, 0.05) is 32.4 Å². The Morgan fingerprint density at radius 2 is 1.95 bits per heavy atom. The Balaban J connectivity index is 1.84. The van der Waals surface area contributed by atoms with Crippen LogP contribution >= 0.6 is 0 Å². The zero-order valence-electron chi connectivity index (χ0n) is 13.1. The first-order valence-corrected chi connectivity index (χ1v) is 7.98. The van der Waals surface area contributed by atoms with Crippen molar-refractivity contribution in [3.8, 4) is 0 Å². The minimum Gasteiger partial charge on any atom is -0.345 e. The third kappa shape index (κ3) is 4.53. The van der Waals surface area contributed by atoms with E-state index in [-0.39, 0.29) is 11.3 Å². The first-order chi connectivity index (χ1) is 10.2. The van der Waals surface area contributed by atoms with Crippen LogP contribution in [0.25, 0.3) is 0 Å². The number of rotatable bonds is 6. The second-order valence-corrected chi connectivity index (χ2v) is 6.36. The van der Waals surface area contributed by atoms with Crippen LogP contribution in [-0.4, -0.2) is 35.9 Å². The molecule has 0 saturated heterocycles. The highest BCUT2D eigenvalue weighted by Crippen LogP contribution is 2.38. The summed E-state index contributed by atoms with van der Waals surface area (Å²) in [6, 6.07) is 4.00. The third-order valence-electron chi connectivity index (χ3n) is 4.78. The van der Waals surface area contributed by atoms with E-state index in [0.29, 0.717) is 13.0 Å². The van der Waals surface area contributed by atoms with Gasteiger partial charge < -0.3 is 10.6 Å². The van der Waals surface area contributed by atoms with Crippen LogP contribution in [0.4, 0.5) is 0 Å². The fourth-order valence-electron chi connectivity index (χ4n) is 3.18. The highest BCUT2D eigenvalue weighted by Gasteiger charge is 2.33. The molecule has 0 atom stereocenters. The molecule has 1 aromatic heterocycles. The second kappa shape index (κ2) is 7.55. The summed E-state index contributed by atoms with van der Waals surface area (Å²) in [6.45, 7) is 1.39. The average Bonchev–Trinajstić information content (AvgIpc) is 2.54. The summed E-state index contributed by atoms with van der Waals surface area (Å²) >= 11 is 0. The molecular formula is C17H27N3O. The van der Waals surface area contributed by atoms with Gasteiger partial charge in [-0.2, -0.15) is 0 Å². The van der Waals surface area contributed by atoms with E-state index in [1.165, 1.54) is 24.8 Å². The van der Waals surface area contributed by atoms with Crippen LogP contribution in [0.5, 0.6) is 0 Å². The molecule has 0 aromatic carbocycles. The number of likely N-dealkylation sites (N-methyl/N-ethyl adjacent to an activating group) is 1. The van der Waals surface area contributed by atoms with Crippen LogP contribution in [0.2, 0.25) is 0 Å². The Labute approximate surface area is 127 Å². The van der Waals surface area contributed by atoms with Crippen LogP contribution < -0.4 is 5.73 Å². The predicted octanol–water partition coefficient (Wildman–Crippen LogP) is 2.38. The SMILES string of the molecule is CN(CCc1ccncc1)C(=O)CC1(CN)CCCCC1. The van der Waals surface area contributed by atoms with Crippen LogP contribution in [0.1, 0.15) is 44.1 Å². The molecule has 0 radical (unpaired) electrons. The molecule has 0 aliphatic heterocycles. The van der Waals surface area contributed by atoms with Gasteiger partial charge in [0.1, 0.15) is 0 Å². The smallest absolute Gasteiger partial charge is 0.222 e. The molecule has 0 spiro atoms. The van der Waals surface area contributed by atoms with E-state index in [1.54, 1.807) is 12.4 Å². The van der Waals surface area contributed by atoms with E-state index < -0.39 is 0 Å². The molecule has 1 fully saturated rings. The quantitative estimate of drug-likeness (QED) is 0.874. The number of hydrogen-bond donors (Lipinski definition) is 1. The first-order valence-electron chi connectivity index (χ1n) is 7.98. The molecule has 1 saturated carbocycles. The van der Waals surface area contributed by atoms with Crippen molar-refractivity contribution in [1.29, 1.82) is 0 Å². The number of amides is 1. The summed E-state index contributed by atoms with van der Waals surface area (Å²) < 4.78 is 0. The van der Waals surface area contributed by atoms with Crippen molar-refractivity contribution in [2.24, 2.45) is 11.1 Å². The number of hydrogen-bond acceptors (Lipinski definition) is 3. The van der Waals surface area contributed by atoms with Gasteiger partial charge in [0.05, 0.1) is 0 Å². The summed E-state index contributed by atoms with van der Waals surface area (Å²) in [4.78, 5) is 18.3. The molecule has 1 aliphatic carbocycles. The van der Waals surface area contributed by atoms with Crippen molar-refractivity contribution in [3.63, 3.8) is 0 Å². The molecule has 0 bridgehead atoms. The molecule has 1 aliphatic rings. The zero-order valence-corrected chi connectivity index (χ0v) is 13.1. The maximum atomic E-state index is 12.5. The standard InChI is InChI=1S/C17H27N3O/c1-20(12-7-15-5-10-19-11-6-15)16(21)13-17(14-18)8-3-2-4-9-17/h5-6,10-11H,2-4,7-9,12-14,18H2,1H3. The molecule has 116 valence electrons. The lowest BCUT2D eigenvalue weighted by Crippen LogP contribution is -2.39. The van der Waals surface area contributed by atoms with E-state index in [2.05, 4.69) is 4.98 Å². The average molecular weight is 289 g/mol. The topological polar surface area (TPSA) is 59.2 Å². The van der Waals surface area contributed by atoms with E-state index >= 15 is 0 Å². The van der Waals surface area contributed by atoms with E-state index in [4.69, 9.17) is 5.73 Å². The fraction of sp³-hybridized carbons (Fsp3) is 0.647. The Morgan fingerprint density at radius 1 is 1.29 bits per heavy atom. The molecule has 4 nitrogen and oxygen atoms in total. The monoisotopic (exact) mass is 289 g/mol. The molecule has 1 amide bonds. The van der Waals surface area contributed by atoms with Crippen LogP contribution in [0.3, 0.4) is 0 Å². The number of nitrogens with zero attached hydrogens (tertiary/aromatic N) is 2. The van der Waals surface area contributed by atoms with Gasteiger partial charge in [-0.05, 0) is 48.9 Å². The Morgan fingerprint density at radius 3 is 2.57 bits per heavy atom. The lowest BCUT2D eigenvalue weighted by atomic mass is 9.71. The van der Waals surface area contributed by atoms with Crippen LogP contribution in [0.15, 0.2) is 24.5 Å². The Hall–Kier alpha value is -1.42. The lowest BCUT2D eigenvalue weighted by molar-refractivity contribution is -0.132. The molecule has 4 heteroatoms. The largest absolute Gasteiger partial charge is 0.345 e. The molecule has 21 heavy (non-hydrogen) atoms. The molecule has 1 aromatic rings. The Bertz CT molecular complexity index is 441. The minimum atomic E-state index is 0.0558. The first kappa shape index (κ1) is 16.0. The molecule has 2 N–H and O–H groups in total. The van der Waals surface area contributed by atoms with Crippen molar-refractivity contribution in [3.05, 3.63) is 30.1 Å². The molecule has 2 rings (SSSR count). The van der Waals surface area contributed by atoms with Gasteiger partial charge in [0.15, 0.2) is 0 Å². The van der Waals surface area contributed by atoms with Gasteiger partial charge in [-0.25, -0.2) is 0 Å². The van der Waals surface area contributed by atoms with Gasteiger partial charge >= 0.3 is 0 Å². The maximum absolute atomic E-state index is 12.5.